The zero-order valence-corrected chi connectivity index (χ0v) is 10.0. The SMILES string of the molecule is CCCNCC1CCCCC1CCC. The zero-order chi connectivity index (χ0) is 10.2. The molecule has 0 aromatic heterocycles. The maximum absolute atomic E-state index is 3.59. The highest BCUT2D eigenvalue weighted by Crippen LogP contribution is 2.32. The summed E-state index contributed by atoms with van der Waals surface area (Å²) in [4.78, 5) is 0. The summed E-state index contributed by atoms with van der Waals surface area (Å²) in [6.45, 7) is 7.05. The molecule has 0 radical (unpaired) electrons. The zero-order valence-electron chi connectivity index (χ0n) is 10.0. The molecule has 1 saturated carbocycles. The second-order valence-corrected chi connectivity index (χ2v) is 4.80. The van der Waals surface area contributed by atoms with Crippen LogP contribution in [-0.4, -0.2) is 13.1 Å². The molecule has 1 aliphatic rings. The molecule has 0 saturated heterocycles. The van der Waals surface area contributed by atoms with Crippen LogP contribution in [0.1, 0.15) is 58.8 Å². The average molecular weight is 197 g/mol. The molecule has 1 N–H and O–H groups in total. The minimum absolute atomic E-state index is 0.982. The van der Waals surface area contributed by atoms with Crippen molar-refractivity contribution in [2.75, 3.05) is 13.1 Å². The maximum Gasteiger partial charge on any atom is -0.00179 e. The van der Waals surface area contributed by atoms with E-state index in [1.54, 1.807) is 0 Å². The Hall–Kier alpha value is -0.0400. The lowest BCUT2D eigenvalue weighted by molar-refractivity contribution is 0.216. The van der Waals surface area contributed by atoms with Crippen LogP contribution < -0.4 is 5.32 Å². The Balaban J connectivity index is 2.22. The second-order valence-electron chi connectivity index (χ2n) is 4.80. The van der Waals surface area contributed by atoms with Crippen LogP contribution in [0.5, 0.6) is 0 Å². The van der Waals surface area contributed by atoms with Crippen LogP contribution in [0.4, 0.5) is 0 Å². The summed E-state index contributed by atoms with van der Waals surface area (Å²) in [5.41, 5.74) is 0. The predicted molar refractivity (Wildman–Crippen MR) is 63.5 cm³/mol. The van der Waals surface area contributed by atoms with Gasteiger partial charge >= 0.3 is 0 Å². The van der Waals surface area contributed by atoms with E-state index < -0.39 is 0 Å². The van der Waals surface area contributed by atoms with Gasteiger partial charge in [-0.25, -0.2) is 0 Å². The molecule has 0 aliphatic heterocycles. The van der Waals surface area contributed by atoms with Crippen molar-refractivity contribution < 1.29 is 0 Å². The first-order chi connectivity index (χ1) is 6.88. The summed E-state index contributed by atoms with van der Waals surface area (Å²) in [6, 6.07) is 0. The predicted octanol–water partition coefficient (Wildman–Crippen LogP) is 3.59. The van der Waals surface area contributed by atoms with Gasteiger partial charge in [0.15, 0.2) is 0 Å². The molecule has 1 aliphatic carbocycles. The topological polar surface area (TPSA) is 12.0 Å². The average Bonchev–Trinajstić information content (AvgIpc) is 2.21. The Bertz CT molecular complexity index is 131. The van der Waals surface area contributed by atoms with E-state index >= 15 is 0 Å². The molecule has 0 bridgehead atoms. The van der Waals surface area contributed by atoms with Gasteiger partial charge in [-0.05, 0) is 37.8 Å². The molecule has 0 aromatic rings. The maximum atomic E-state index is 3.59. The third-order valence-corrected chi connectivity index (χ3v) is 3.56. The van der Waals surface area contributed by atoms with Crippen molar-refractivity contribution in [2.24, 2.45) is 11.8 Å². The van der Waals surface area contributed by atoms with Crippen LogP contribution in [0.25, 0.3) is 0 Å². The van der Waals surface area contributed by atoms with E-state index in [0.29, 0.717) is 0 Å². The molecule has 1 heteroatoms. The van der Waals surface area contributed by atoms with E-state index in [-0.39, 0.29) is 0 Å². The molecule has 1 rings (SSSR count). The lowest BCUT2D eigenvalue weighted by atomic mass is 9.77. The Morgan fingerprint density at radius 1 is 1.00 bits per heavy atom. The van der Waals surface area contributed by atoms with E-state index in [2.05, 4.69) is 19.2 Å². The Labute approximate surface area is 89.7 Å². The van der Waals surface area contributed by atoms with E-state index in [4.69, 9.17) is 0 Å². The van der Waals surface area contributed by atoms with Gasteiger partial charge in [-0.1, -0.05) is 46.0 Å². The molecule has 0 amide bonds. The van der Waals surface area contributed by atoms with Gasteiger partial charge in [0.2, 0.25) is 0 Å². The van der Waals surface area contributed by atoms with Gasteiger partial charge in [-0.15, -0.1) is 0 Å². The Morgan fingerprint density at radius 2 is 1.71 bits per heavy atom. The first-order valence-corrected chi connectivity index (χ1v) is 6.59. The summed E-state index contributed by atoms with van der Waals surface area (Å²) in [5.74, 6) is 2.01. The molecule has 84 valence electrons. The summed E-state index contributed by atoms with van der Waals surface area (Å²) in [5, 5.41) is 3.59. The fourth-order valence-corrected chi connectivity index (χ4v) is 2.77. The van der Waals surface area contributed by atoms with Gasteiger partial charge in [-0.2, -0.15) is 0 Å². The largest absolute Gasteiger partial charge is 0.316 e. The highest BCUT2D eigenvalue weighted by atomic mass is 14.9. The second kappa shape index (κ2) is 7.28. The quantitative estimate of drug-likeness (QED) is 0.642. The molecule has 0 spiro atoms. The van der Waals surface area contributed by atoms with Crippen molar-refractivity contribution in [1.29, 1.82) is 0 Å². The van der Waals surface area contributed by atoms with E-state index in [1.807, 2.05) is 0 Å². The summed E-state index contributed by atoms with van der Waals surface area (Å²) in [6.07, 6.45) is 10.0. The smallest absolute Gasteiger partial charge is 0.00179 e. The summed E-state index contributed by atoms with van der Waals surface area (Å²) < 4.78 is 0. The molecule has 1 fully saturated rings. The fourth-order valence-electron chi connectivity index (χ4n) is 2.77. The van der Waals surface area contributed by atoms with Crippen molar-refractivity contribution >= 4 is 0 Å². The minimum Gasteiger partial charge on any atom is -0.316 e. The summed E-state index contributed by atoms with van der Waals surface area (Å²) >= 11 is 0. The van der Waals surface area contributed by atoms with Crippen molar-refractivity contribution in [1.82, 2.24) is 5.32 Å². The van der Waals surface area contributed by atoms with Crippen molar-refractivity contribution in [2.45, 2.75) is 58.8 Å². The van der Waals surface area contributed by atoms with Crippen LogP contribution in [0.3, 0.4) is 0 Å². The number of hydrogen-bond donors (Lipinski definition) is 1. The number of hydrogen-bond acceptors (Lipinski definition) is 1. The third kappa shape index (κ3) is 4.00. The molecule has 1 nitrogen and oxygen atoms in total. The molecule has 2 unspecified atom stereocenters. The monoisotopic (exact) mass is 197 g/mol. The van der Waals surface area contributed by atoms with Crippen LogP contribution in [0, 0.1) is 11.8 Å². The number of nitrogens with one attached hydrogen (secondary N) is 1. The molecular weight excluding hydrogens is 170 g/mol. The molecular formula is C13H27N. The van der Waals surface area contributed by atoms with Gasteiger partial charge < -0.3 is 5.32 Å². The normalized spacial score (nSPS) is 27.9. The first kappa shape index (κ1) is 12.0. The van der Waals surface area contributed by atoms with Crippen LogP contribution in [0.15, 0.2) is 0 Å². The minimum atomic E-state index is 0.982. The van der Waals surface area contributed by atoms with Crippen molar-refractivity contribution in [3.8, 4) is 0 Å². The van der Waals surface area contributed by atoms with Gasteiger partial charge in [0.1, 0.15) is 0 Å². The Morgan fingerprint density at radius 3 is 2.36 bits per heavy atom. The highest BCUT2D eigenvalue weighted by molar-refractivity contribution is 4.76. The van der Waals surface area contributed by atoms with Crippen molar-refractivity contribution in [3.05, 3.63) is 0 Å². The molecule has 0 aromatic carbocycles. The third-order valence-electron chi connectivity index (χ3n) is 3.56. The van der Waals surface area contributed by atoms with Crippen LogP contribution >= 0.6 is 0 Å². The van der Waals surface area contributed by atoms with Crippen LogP contribution in [0.2, 0.25) is 0 Å². The summed E-state index contributed by atoms with van der Waals surface area (Å²) in [7, 11) is 0. The lowest BCUT2D eigenvalue weighted by Gasteiger charge is -2.31. The molecule has 2 atom stereocenters. The first-order valence-electron chi connectivity index (χ1n) is 6.59. The lowest BCUT2D eigenvalue weighted by Crippen LogP contribution is -2.31. The van der Waals surface area contributed by atoms with Crippen LogP contribution in [-0.2, 0) is 0 Å². The standard InChI is InChI=1S/C13H27N/c1-3-7-12-8-5-6-9-13(12)11-14-10-4-2/h12-14H,3-11H2,1-2H3. The highest BCUT2D eigenvalue weighted by Gasteiger charge is 2.23. The van der Waals surface area contributed by atoms with Gasteiger partial charge in [0.05, 0.1) is 0 Å². The fraction of sp³-hybridized carbons (Fsp3) is 1.00. The van der Waals surface area contributed by atoms with E-state index in [9.17, 15) is 0 Å². The van der Waals surface area contributed by atoms with E-state index in [0.717, 1.165) is 11.8 Å². The van der Waals surface area contributed by atoms with E-state index in [1.165, 1.54) is 58.0 Å². The van der Waals surface area contributed by atoms with Gasteiger partial charge in [0.25, 0.3) is 0 Å². The van der Waals surface area contributed by atoms with Gasteiger partial charge in [-0.3, -0.25) is 0 Å². The van der Waals surface area contributed by atoms with Crippen molar-refractivity contribution in [3.63, 3.8) is 0 Å². The molecule has 14 heavy (non-hydrogen) atoms. The van der Waals surface area contributed by atoms with Gasteiger partial charge in [0, 0.05) is 0 Å². The Kier molecular flexibility index (Phi) is 6.25. The molecule has 0 heterocycles. The number of rotatable bonds is 6.